The lowest BCUT2D eigenvalue weighted by Crippen LogP contribution is -1.84. The van der Waals surface area contributed by atoms with Crippen molar-refractivity contribution in [3.63, 3.8) is 0 Å². The van der Waals surface area contributed by atoms with Crippen molar-refractivity contribution in [3.8, 4) is 11.4 Å². The van der Waals surface area contributed by atoms with E-state index in [0.29, 0.717) is 22.9 Å². The third kappa shape index (κ3) is 1.45. The zero-order valence-electron chi connectivity index (χ0n) is 8.99. The number of rotatable bonds is 1. The normalized spacial score (nSPS) is 11.2. The maximum Gasteiger partial charge on any atom is 0.234 e. The van der Waals surface area contributed by atoms with Gasteiger partial charge >= 0.3 is 0 Å². The molecule has 0 spiro atoms. The minimum Gasteiger partial charge on any atom is -0.380 e. The van der Waals surface area contributed by atoms with Gasteiger partial charge in [-0.05, 0) is 19.1 Å². The number of aromatic nitrogens is 3. The second-order valence-corrected chi connectivity index (χ2v) is 3.78. The largest absolute Gasteiger partial charge is 0.380 e. The van der Waals surface area contributed by atoms with E-state index in [9.17, 15) is 4.39 Å². The Morgan fingerprint density at radius 1 is 1.41 bits per heavy atom. The molecule has 2 heterocycles. The predicted octanol–water partition coefficient (Wildman–Crippen LogP) is 2.25. The SMILES string of the molecule is Cc1[nH]c(-c2ccc3c(N)noc3c2)nc1F. The first-order valence-electron chi connectivity index (χ1n) is 5.02. The molecule has 3 rings (SSSR count). The van der Waals surface area contributed by atoms with Gasteiger partial charge in [-0.1, -0.05) is 11.2 Å². The van der Waals surface area contributed by atoms with Crippen LogP contribution in [0.5, 0.6) is 0 Å². The quantitative estimate of drug-likeness (QED) is 0.674. The molecule has 0 radical (unpaired) electrons. The van der Waals surface area contributed by atoms with Crippen LogP contribution in [0.15, 0.2) is 22.7 Å². The third-order valence-electron chi connectivity index (χ3n) is 2.60. The van der Waals surface area contributed by atoms with Gasteiger partial charge < -0.3 is 15.2 Å². The van der Waals surface area contributed by atoms with E-state index in [1.807, 2.05) is 0 Å². The lowest BCUT2D eigenvalue weighted by molar-refractivity contribution is 0.460. The van der Waals surface area contributed by atoms with Crippen LogP contribution in [0, 0.1) is 12.9 Å². The topological polar surface area (TPSA) is 80.7 Å². The molecule has 1 aromatic carbocycles. The fraction of sp³-hybridized carbons (Fsp3) is 0.0909. The van der Waals surface area contributed by atoms with Gasteiger partial charge in [0.15, 0.2) is 11.4 Å². The molecule has 86 valence electrons. The first-order valence-corrected chi connectivity index (χ1v) is 5.02. The van der Waals surface area contributed by atoms with Gasteiger partial charge in [-0.2, -0.15) is 4.39 Å². The van der Waals surface area contributed by atoms with Crippen LogP contribution in [0.2, 0.25) is 0 Å². The molecule has 17 heavy (non-hydrogen) atoms. The van der Waals surface area contributed by atoms with Crippen LogP contribution < -0.4 is 5.73 Å². The van der Waals surface area contributed by atoms with Gasteiger partial charge in [0.25, 0.3) is 0 Å². The fourth-order valence-corrected chi connectivity index (χ4v) is 1.68. The van der Waals surface area contributed by atoms with Crippen molar-refractivity contribution in [3.05, 3.63) is 29.8 Å². The summed E-state index contributed by atoms with van der Waals surface area (Å²) in [7, 11) is 0. The highest BCUT2D eigenvalue weighted by molar-refractivity contribution is 5.89. The summed E-state index contributed by atoms with van der Waals surface area (Å²) in [6.45, 7) is 1.62. The summed E-state index contributed by atoms with van der Waals surface area (Å²) < 4.78 is 18.2. The Morgan fingerprint density at radius 2 is 2.24 bits per heavy atom. The molecule has 0 saturated carbocycles. The van der Waals surface area contributed by atoms with Gasteiger partial charge in [0.05, 0.1) is 11.1 Å². The monoisotopic (exact) mass is 232 g/mol. The molecule has 0 bridgehead atoms. The summed E-state index contributed by atoms with van der Waals surface area (Å²) in [6.07, 6.45) is 0. The third-order valence-corrected chi connectivity index (χ3v) is 2.60. The molecular weight excluding hydrogens is 223 g/mol. The van der Waals surface area contributed by atoms with Gasteiger partial charge in [0.1, 0.15) is 5.82 Å². The van der Waals surface area contributed by atoms with Crippen LogP contribution in [-0.4, -0.2) is 15.1 Å². The maximum atomic E-state index is 13.1. The number of anilines is 1. The van der Waals surface area contributed by atoms with Crippen molar-refractivity contribution in [2.75, 3.05) is 5.73 Å². The minimum atomic E-state index is -0.503. The van der Waals surface area contributed by atoms with E-state index in [0.717, 1.165) is 10.9 Å². The molecule has 0 aliphatic heterocycles. The lowest BCUT2D eigenvalue weighted by atomic mass is 10.1. The number of nitrogen functional groups attached to an aromatic ring is 1. The number of H-pyrrole nitrogens is 1. The Balaban J connectivity index is 2.17. The zero-order valence-corrected chi connectivity index (χ0v) is 8.99. The molecule has 0 saturated heterocycles. The standard InChI is InChI=1S/C11H9FN4O/c1-5-9(12)15-11(14-5)6-2-3-7-8(4-6)17-16-10(7)13/h2-4H,1H3,(H2,13,16)(H,14,15). The Bertz CT molecular complexity index is 681. The second-order valence-electron chi connectivity index (χ2n) is 3.78. The smallest absolute Gasteiger partial charge is 0.234 e. The molecular formula is C11H9FN4O. The molecule has 3 aromatic rings. The molecule has 3 N–H and O–H groups in total. The average Bonchev–Trinajstić information content (AvgIpc) is 2.84. The van der Waals surface area contributed by atoms with Crippen molar-refractivity contribution < 1.29 is 8.91 Å². The number of aryl methyl sites for hydroxylation is 1. The minimum absolute atomic E-state index is 0.341. The van der Waals surface area contributed by atoms with Gasteiger partial charge in [0.2, 0.25) is 5.95 Å². The Kier molecular flexibility index (Phi) is 1.91. The first-order chi connectivity index (χ1) is 8.15. The summed E-state index contributed by atoms with van der Waals surface area (Å²) in [5, 5.41) is 4.39. The highest BCUT2D eigenvalue weighted by atomic mass is 19.1. The van der Waals surface area contributed by atoms with Crippen molar-refractivity contribution in [2.24, 2.45) is 0 Å². The summed E-state index contributed by atoms with van der Waals surface area (Å²) in [5.74, 6) is 0.294. The number of halogens is 1. The molecule has 5 nitrogen and oxygen atoms in total. The van der Waals surface area contributed by atoms with Crippen LogP contribution in [-0.2, 0) is 0 Å². The van der Waals surface area contributed by atoms with Crippen molar-refractivity contribution >= 4 is 16.8 Å². The summed E-state index contributed by atoms with van der Waals surface area (Å²) >= 11 is 0. The number of nitrogens with two attached hydrogens (primary N) is 1. The number of aromatic amines is 1. The van der Waals surface area contributed by atoms with E-state index in [-0.39, 0.29) is 0 Å². The summed E-state index contributed by atoms with van der Waals surface area (Å²) in [4.78, 5) is 6.63. The molecule has 6 heteroatoms. The molecule has 0 fully saturated rings. The highest BCUT2D eigenvalue weighted by Crippen LogP contribution is 2.26. The lowest BCUT2D eigenvalue weighted by Gasteiger charge is -1.95. The molecule has 2 aromatic heterocycles. The molecule has 0 aliphatic rings. The first kappa shape index (κ1) is 9.83. The molecule has 0 amide bonds. The van der Waals surface area contributed by atoms with Crippen molar-refractivity contribution in [1.29, 1.82) is 0 Å². The number of hydrogen-bond acceptors (Lipinski definition) is 4. The highest BCUT2D eigenvalue weighted by Gasteiger charge is 2.11. The van der Waals surface area contributed by atoms with Gasteiger partial charge in [-0.15, -0.1) is 0 Å². The number of imidazole rings is 1. The van der Waals surface area contributed by atoms with E-state index in [2.05, 4.69) is 15.1 Å². The number of fused-ring (bicyclic) bond motifs is 1. The Morgan fingerprint density at radius 3 is 2.94 bits per heavy atom. The maximum absolute atomic E-state index is 13.1. The van der Waals surface area contributed by atoms with E-state index in [1.165, 1.54) is 0 Å². The fourth-order valence-electron chi connectivity index (χ4n) is 1.68. The van der Waals surface area contributed by atoms with Crippen LogP contribution in [0.4, 0.5) is 10.2 Å². The Hall–Kier alpha value is -2.37. The van der Waals surface area contributed by atoms with Crippen LogP contribution in [0.25, 0.3) is 22.4 Å². The van der Waals surface area contributed by atoms with Crippen LogP contribution in [0.1, 0.15) is 5.69 Å². The van der Waals surface area contributed by atoms with Crippen molar-refractivity contribution in [2.45, 2.75) is 6.92 Å². The zero-order chi connectivity index (χ0) is 12.0. The van der Waals surface area contributed by atoms with Gasteiger partial charge in [-0.3, -0.25) is 0 Å². The van der Waals surface area contributed by atoms with E-state index >= 15 is 0 Å². The Labute approximate surface area is 95.4 Å². The molecule has 0 atom stereocenters. The predicted molar refractivity (Wildman–Crippen MR) is 60.7 cm³/mol. The second kappa shape index (κ2) is 3.31. The van der Waals surface area contributed by atoms with Gasteiger partial charge in [-0.25, -0.2) is 4.98 Å². The van der Waals surface area contributed by atoms with Crippen LogP contribution in [0.3, 0.4) is 0 Å². The number of nitrogens with zero attached hydrogens (tertiary/aromatic N) is 2. The molecule has 0 aliphatic carbocycles. The van der Waals surface area contributed by atoms with Crippen LogP contribution >= 0.6 is 0 Å². The summed E-state index contributed by atoms with van der Waals surface area (Å²) in [5.41, 5.74) is 7.28. The number of nitrogens with one attached hydrogen (secondary N) is 1. The van der Waals surface area contributed by atoms with Gasteiger partial charge in [0, 0.05) is 5.56 Å². The number of hydrogen-bond donors (Lipinski definition) is 2. The van der Waals surface area contributed by atoms with E-state index in [4.69, 9.17) is 10.3 Å². The van der Waals surface area contributed by atoms with E-state index in [1.54, 1.807) is 25.1 Å². The number of benzene rings is 1. The van der Waals surface area contributed by atoms with E-state index < -0.39 is 5.95 Å². The molecule has 0 unspecified atom stereocenters. The summed E-state index contributed by atoms with van der Waals surface area (Å²) in [6, 6.07) is 5.27. The average molecular weight is 232 g/mol. The van der Waals surface area contributed by atoms with Crippen molar-refractivity contribution in [1.82, 2.24) is 15.1 Å².